The molecular weight excluding hydrogens is 335 g/mol. The molecule has 0 unspecified atom stereocenters. The average Bonchev–Trinajstić information content (AvgIpc) is 3.10. The quantitative estimate of drug-likeness (QED) is 0.787. The normalized spacial score (nSPS) is 11.3. The Labute approximate surface area is 140 Å². The molecule has 1 N–H and O–H groups in total. The number of para-hydroxylation sites is 1. The maximum absolute atomic E-state index is 12.7. The summed E-state index contributed by atoms with van der Waals surface area (Å²) >= 11 is 0. The molecule has 0 radical (unpaired) electrons. The number of pyridine rings is 1. The van der Waals surface area contributed by atoms with E-state index in [-0.39, 0.29) is 16.8 Å². The number of nitrogens with zero attached hydrogens (tertiary/aromatic N) is 4. The second-order valence-corrected chi connectivity index (χ2v) is 5.15. The summed E-state index contributed by atoms with van der Waals surface area (Å²) in [6, 6.07) is 8.74. The Morgan fingerprint density at radius 1 is 1.20 bits per heavy atom. The third-order valence-electron chi connectivity index (χ3n) is 3.32. The van der Waals surface area contributed by atoms with Crippen molar-refractivity contribution in [2.75, 3.05) is 5.32 Å². The molecule has 0 bridgehead atoms. The smallest absolute Gasteiger partial charge is 0.322 e. The van der Waals surface area contributed by atoms with Crippen LogP contribution in [0.2, 0.25) is 0 Å². The van der Waals surface area contributed by atoms with E-state index in [9.17, 15) is 18.0 Å². The first-order valence-electron chi connectivity index (χ1n) is 7.19. The molecule has 3 rings (SSSR count). The van der Waals surface area contributed by atoms with E-state index in [2.05, 4.69) is 20.4 Å². The number of hydrogen-bond donors (Lipinski definition) is 1. The van der Waals surface area contributed by atoms with Crippen LogP contribution in [0.5, 0.6) is 0 Å². The van der Waals surface area contributed by atoms with Gasteiger partial charge < -0.3 is 5.32 Å². The summed E-state index contributed by atoms with van der Waals surface area (Å²) in [5, 5.41) is 6.42. The van der Waals surface area contributed by atoms with E-state index in [0.29, 0.717) is 5.82 Å². The lowest BCUT2D eigenvalue weighted by Crippen LogP contribution is -2.17. The second kappa shape index (κ2) is 6.71. The highest BCUT2D eigenvalue weighted by Gasteiger charge is 2.29. The van der Waals surface area contributed by atoms with Gasteiger partial charge in [-0.1, -0.05) is 18.2 Å². The molecule has 6 nitrogen and oxygen atoms in total. The molecule has 0 aliphatic carbocycles. The SMILES string of the molecule is O=C(Nc1ccccc1CC(F)(F)F)c1ccnc(-n2cncn2)c1. The van der Waals surface area contributed by atoms with Gasteiger partial charge in [-0.05, 0) is 23.8 Å². The molecule has 3 aromatic rings. The molecule has 0 atom stereocenters. The number of amides is 1. The lowest BCUT2D eigenvalue weighted by molar-refractivity contribution is -0.127. The van der Waals surface area contributed by atoms with Crippen molar-refractivity contribution >= 4 is 11.6 Å². The Kier molecular flexibility index (Phi) is 4.46. The van der Waals surface area contributed by atoms with Crippen molar-refractivity contribution in [1.82, 2.24) is 19.7 Å². The zero-order chi connectivity index (χ0) is 17.9. The summed E-state index contributed by atoms with van der Waals surface area (Å²) in [4.78, 5) is 20.2. The lowest BCUT2D eigenvalue weighted by atomic mass is 10.1. The molecule has 0 saturated heterocycles. The van der Waals surface area contributed by atoms with E-state index in [1.807, 2.05) is 0 Å². The zero-order valence-electron chi connectivity index (χ0n) is 12.7. The first-order chi connectivity index (χ1) is 11.9. The maximum atomic E-state index is 12.7. The zero-order valence-corrected chi connectivity index (χ0v) is 12.7. The van der Waals surface area contributed by atoms with E-state index in [1.165, 1.54) is 53.9 Å². The van der Waals surface area contributed by atoms with Gasteiger partial charge in [-0.2, -0.15) is 18.3 Å². The predicted molar refractivity (Wildman–Crippen MR) is 83.3 cm³/mol. The van der Waals surface area contributed by atoms with Crippen LogP contribution < -0.4 is 5.32 Å². The van der Waals surface area contributed by atoms with Gasteiger partial charge in [0.1, 0.15) is 12.7 Å². The average molecular weight is 347 g/mol. The van der Waals surface area contributed by atoms with E-state index < -0.39 is 18.5 Å². The molecule has 0 aliphatic heterocycles. The van der Waals surface area contributed by atoms with Gasteiger partial charge in [0.25, 0.3) is 5.91 Å². The van der Waals surface area contributed by atoms with Crippen LogP contribution in [0, 0.1) is 0 Å². The minimum Gasteiger partial charge on any atom is -0.322 e. The van der Waals surface area contributed by atoms with Crippen molar-refractivity contribution in [2.45, 2.75) is 12.6 Å². The lowest BCUT2D eigenvalue weighted by Gasteiger charge is -2.13. The van der Waals surface area contributed by atoms with Crippen LogP contribution in [-0.2, 0) is 6.42 Å². The van der Waals surface area contributed by atoms with E-state index >= 15 is 0 Å². The fourth-order valence-electron chi connectivity index (χ4n) is 2.22. The van der Waals surface area contributed by atoms with Crippen LogP contribution in [0.1, 0.15) is 15.9 Å². The third-order valence-corrected chi connectivity index (χ3v) is 3.32. The summed E-state index contributed by atoms with van der Waals surface area (Å²) in [5.74, 6) is -0.174. The molecule has 9 heteroatoms. The Bertz CT molecular complexity index is 877. The molecule has 2 aromatic heterocycles. The van der Waals surface area contributed by atoms with Crippen molar-refractivity contribution in [2.24, 2.45) is 0 Å². The number of anilines is 1. The largest absolute Gasteiger partial charge is 0.393 e. The fourth-order valence-corrected chi connectivity index (χ4v) is 2.22. The monoisotopic (exact) mass is 347 g/mol. The fraction of sp³-hybridized carbons (Fsp3) is 0.125. The maximum Gasteiger partial charge on any atom is 0.393 e. The molecule has 0 spiro atoms. The topological polar surface area (TPSA) is 72.7 Å². The molecule has 2 heterocycles. The van der Waals surface area contributed by atoms with Gasteiger partial charge in [0.2, 0.25) is 0 Å². The molecule has 0 fully saturated rings. The second-order valence-electron chi connectivity index (χ2n) is 5.15. The van der Waals surface area contributed by atoms with Crippen molar-refractivity contribution in [3.8, 4) is 5.82 Å². The number of carbonyl (C=O) groups excluding carboxylic acids is 1. The molecule has 25 heavy (non-hydrogen) atoms. The molecule has 1 amide bonds. The highest BCUT2D eigenvalue weighted by Crippen LogP contribution is 2.26. The van der Waals surface area contributed by atoms with Crippen molar-refractivity contribution < 1.29 is 18.0 Å². The van der Waals surface area contributed by atoms with Crippen LogP contribution in [-0.4, -0.2) is 31.8 Å². The summed E-state index contributed by atoms with van der Waals surface area (Å²) in [7, 11) is 0. The van der Waals surface area contributed by atoms with Crippen LogP contribution in [0.15, 0.2) is 55.2 Å². The standard InChI is InChI=1S/C16H12F3N5O/c17-16(18,19)8-12-3-1-2-4-13(12)23-15(25)11-5-6-21-14(7-11)24-10-20-9-22-24/h1-7,9-10H,8H2,(H,23,25). The number of carbonyl (C=O) groups is 1. The van der Waals surface area contributed by atoms with Gasteiger partial charge in [-0.15, -0.1) is 0 Å². The van der Waals surface area contributed by atoms with Gasteiger partial charge >= 0.3 is 6.18 Å². The van der Waals surface area contributed by atoms with E-state index in [1.54, 1.807) is 6.07 Å². The Hall–Kier alpha value is -3.23. The van der Waals surface area contributed by atoms with Crippen molar-refractivity contribution in [3.63, 3.8) is 0 Å². The number of alkyl halides is 3. The summed E-state index contributed by atoms with van der Waals surface area (Å²) in [6.07, 6.45) is -1.33. The van der Waals surface area contributed by atoms with Gasteiger partial charge in [-0.3, -0.25) is 4.79 Å². The van der Waals surface area contributed by atoms with Crippen LogP contribution >= 0.6 is 0 Å². The Balaban J connectivity index is 1.83. The van der Waals surface area contributed by atoms with Crippen molar-refractivity contribution in [1.29, 1.82) is 0 Å². The molecule has 0 aliphatic rings. The minimum absolute atomic E-state index is 0.00564. The number of rotatable bonds is 4. The predicted octanol–water partition coefficient (Wildman–Crippen LogP) is 3.02. The highest BCUT2D eigenvalue weighted by atomic mass is 19.4. The number of benzene rings is 1. The Morgan fingerprint density at radius 3 is 2.72 bits per heavy atom. The summed E-state index contributed by atoms with van der Waals surface area (Å²) in [5.41, 5.74) is 0.347. The van der Waals surface area contributed by atoms with E-state index in [0.717, 1.165) is 0 Å². The molecule has 1 aromatic carbocycles. The summed E-state index contributed by atoms with van der Waals surface area (Å²) < 4.78 is 39.3. The molecule has 128 valence electrons. The number of nitrogens with one attached hydrogen (secondary N) is 1. The highest BCUT2D eigenvalue weighted by molar-refractivity contribution is 6.04. The number of halogens is 3. The van der Waals surface area contributed by atoms with Gasteiger partial charge in [0.05, 0.1) is 6.42 Å². The third kappa shape index (κ3) is 4.19. The molecule has 0 saturated carbocycles. The van der Waals surface area contributed by atoms with E-state index in [4.69, 9.17) is 0 Å². The van der Waals surface area contributed by atoms with Gasteiger partial charge in [0, 0.05) is 17.4 Å². The first-order valence-corrected chi connectivity index (χ1v) is 7.19. The van der Waals surface area contributed by atoms with Gasteiger partial charge in [0.15, 0.2) is 5.82 Å². The minimum atomic E-state index is -4.36. The summed E-state index contributed by atoms with van der Waals surface area (Å²) in [6.45, 7) is 0. The van der Waals surface area contributed by atoms with Gasteiger partial charge in [-0.25, -0.2) is 14.6 Å². The number of hydrogen-bond acceptors (Lipinski definition) is 4. The van der Waals surface area contributed by atoms with Crippen LogP contribution in [0.3, 0.4) is 0 Å². The Morgan fingerprint density at radius 2 is 2.00 bits per heavy atom. The number of aromatic nitrogens is 4. The first kappa shape index (κ1) is 16.6. The van der Waals surface area contributed by atoms with Crippen LogP contribution in [0.25, 0.3) is 5.82 Å². The molecular formula is C16H12F3N5O. The van der Waals surface area contributed by atoms with Crippen molar-refractivity contribution in [3.05, 3.63) is 66.4 Å². The van der Waals surface area contributed by atoms with Crippen LogP contribution in [0.4, 0.5) is 18.9 Å².